The fraction of sp³-hybridized carbons (Fsp3) is 0.214. The predicted octanol–water partition coefficient (Wildman–Crippen LogP) is -0.357. The normalized spacial score (nSPS) is 9.62. The number of hydrogen-bond acceptors (Lipinski definition) is 0. The van der Waals surface area contributed by atoms with Crippen LogP contribution < -0.4 is 28.5 Å². The van der Waals surface area contributed by atoms with Crippen molar-refractivity contribution in [2.75, 3.05) is 0 Å². The number of aromatic nitrogens is 1. The molecule has 0 atom stereocenters. The Morgan fingerprint density at radius 2 is 1.62 bits per heavy atom. The van der Waals surface area contributed by atoms with Gasteiger partial charge in [0.1, 0.15) is 0 Å². The van der Waals surface area contributed by atoms with E-state index in [-0.39, 0.29) is 24.0 Å². The molecule has 0 radical (unpaired) electrons. The fourth-order valence-electron chi connectivity index (χ4n) is 1.63. The number of nitrogens with zero attached hydrogens (tertiary/aromatic N) is 1. The summed E-state index contributed by atoms with van der Waals surface area (Å²) in [6, 6.07) is 12.7. The lowest BCUT2D eigenvalue weighted by molar-refractivity contribution is -0.688. The molecule has 0 saturated heterocycles. The topological polar surface area (TPSA) is 3.88 Å². The SMILES string of the molecule is Cc1cc[n+](Cc2ccccc2)cc1C.[I-]. The molecule has 0 aliphatic heterocycles. The molecule has 0 fully saturated rings. The molecule has 2 heteroatoms. The third kappa shape index (κ3) is 3.30. The summed E-state index contributed by atoms with van der Waals surface area (Å²) in [6.07, 6.45) is 4.33. The lowest BCUT2D eigenvalue weighted by atomic mass is 10.2. The van der Waals surface area contributed by atoms with Crippen molar-refractivity contribution in [2.24, 2.45) is 0 Å². The molecule has 84 valence electrons. The lowest BCUT2D eigenvalue weighted by Crippen LogP contribution is -3.00. The second kappa shape index (κ2) is 5.99. The molecule has 0 saturated carbocycles. The summed E-state index contributed by atoms with van der Waals surface area (Å²) in [5.41, 5.74) is 4.03. The van der Waals surface area contributed by atoms with Crippen molar-refractivity contribution >= 4 is 0 Å². The van der Waals surface area contributed by atoms with Crippen molar-refractivity contribution in [1.29, 1.82) is 0 Å². The first-order valence-corrected chi connectivity index (χ1v) is 5.26. The molecule has 0 unspecified atom stereocenters. The molecular formula is C14H16IN. The van der Waals surface area contributed by atoms with E-state index in [0.717, 1.165) is 6.54 Å². The number of rotatable bonds is 2. The highest BCUT2D eigenvalue weighted by molar-refractivity contribution is 5.17. The molecule has 0 bridgehead atoms. The van der Waals surface area contributed by atoms with Crippen LogP contribution in [-0.4, -0.2) is 0 Å². The summed E-state index contributed by atoms with van der Waals surface area (Å²) in [4.78, 5) is 0. The van der Waals surface area contributed by atoms with Crippen molar-refractivity contribution in [3.05, 3.63) is 65.5 Å². The minimum Gasteiger partial charge on any atom is -1.00 e. The fourth-order valence-corrected chi connectivity index (χ4v) is 1.63. The van der Waals surface area contributed by atoms with E-state index >= 15 is 0 Å². The van der Waals surface area contributed by atoms with Gasteiger partial charge < -0.3 is 24.0 Å². The van der Waals surface area contributed by atoms with Crippen LogP contribution in [0.15, 0.2) is 48.8 Å². The summed E-state index contributed by atoms with van der Waals surface area (Å²) in [6.45, 7) is 5.24. The van der Waals surface area contributed by atoms with E-state index in [1.807, 2.05) is 0 Å². The van der Waals surface area contributed by atoms with Gasteiger partial charge >= 0.3 is 0 Å². The largest absolute Gasteiger partial charge is 1.00 e. The van der Waals surface area contributed by atoms with Crippen molar-refractivity contribution in [2.45, 2.75) is 20.4 Å². The van der Waals surface area contributed by atoms with Gasteiger partial charge in [0.25, 0.3) is 0 Å². The molecule has 1 aromatic heterocycles. The average molecular weight is 325 g/mol. The van der Waals surface area contributed by atoms with Crippen molar-refractivity contribution in [1.82, 2.24) is 0 Å². The predicted molar refractivity (Wildman–Crippen MR) is 61.7 cm³/mol. The van der Waals surface area contributed by atoms with Crippen molar-refractivity contribution in [3.8, 4) is 0 Å². The zero-order valence-corrected chi connectivity index (χ0v) is 11.8. The first-order valence-electron chi connectivity index (χ1n) is 5.26. The number of hydrogen-bond donors (Lipinski definition) is 0. The molecule has 1 heterocycles. The maximum absolute atomic E-state index is 2.22. The van der Waals surface area contributed by atoms with E-state index in [2.05, 4.69) is 67.2 Å². The first kappa shape index (κ1) is 13.2. The lowest BCUT2D eigenvalue weighted by Gasteiger charge is -2.00. The molecule has 0 aliphatic rings. The second-order valence-electron chi connectivity index (χ2n) is 3.97. The zero-order valence-electron chi connectivity index (χ0n) is 9.65. The Morgan fingerprint density at radius 1 is 0.938 bits per heavy atom. The van der Waals surface area contributed by atoms with Crippen LogP contribution in [-0.2, 0) is 6.54 Å². The van der Waals surface area contributed by atoms with E-state index in [1.165, 1.54) is 16.7 Å². The molecule has 16 heavy (non-hydrogen) atoms. The zero-order chi connectivity index (χ0) is 10.7. The van der Waals surface area contributed by atoms with Crippen LogP contribution in [0.3, 0.4) is 0 Å². The van der Waals surface area contributed by atoms with Gasteiger partial charge in [-0.15, -0.1) is 0 Å². The highest BCUT2D eigenvalue weighted by Crippen LogP contribution is 2.02. The van der Waals surface area contributed by atoms with Gasteiger partial charge in [-0.1, -0.05) is 30.3 Å². The van der Waals surface area contributed by atoms with Crippen LogP contribution in [0.1, 0.15) is 16.7 Å². The summed E-state index contributed by atoms with van der Waals surface area (Å²) in [5, 5.41) is 0. The summed E-state index contributed by atoms with van der Waals surface area (Å²) < 4.78 is 2.22. The molecule has 2 aromatic rings. The average Bonchev–Trinajstić information content (AvgIpc) is 2.25. The van der Waals surface area contributed by atoms with Crippen molar-refractivity contribution < 1.29 is 28.5 Å². The summed E-state index contributed by atoms with van der Waals surface area (Å²) in [7, 11) is 0. The van der Waals surface area contributed by atoms with E-state index in [9.17, 15) is 0 Å². The minimum atomic E-state index is 0. The quantitative estimate of drug-likeness (QED) is 0.525. The van der Waals surface area contributed by atoms with Gasteiger partial charge in [-0.3, -0.25) is 0 Å². The van der Waals surface area contributed by atoms with Crippen LogP contribution in [0, 0.1) is 13.8 Å². The Balaban J connectivity index is 0.00000128. The van der Waals surface area contributed by atoms with E-state index in [0.29, 0.717) is 0 Å². The molecule has 0 N–H and O–H groups in total. The Labute approximate surface area is 114 Å². The number of halogens is 1. The van der Waals surface area contributed by atoms with Gasteiger partial charge in [0.2, 0.25) is 0 Å². The van der Waals surface area contributed by atoms with Gasteiger partial charge in [0.15, 0.2) is 18.9 Å². The van der Waals surface area contributed by atoms with E-state index in [4.69, 9.17) is 0 Å². The molecular weight excluding hydrogens is 309 g/mol. The van der Waals surface area contributed by atoms with Gasteiger partial charge in [-0.25, -0.2) is 4.57 Å². The highest BCUT2D eigenvalue weighted by Gasteiger charge is 2.03. The van der Waals surface area contributed by atoms with Gasteiger partial charge in [-0.2, -0.15) is 0 Å². The van der Waals surface area contributed by atoms with Crippen LogP contribution in [0.25, 0.3) is 0 Å². The summed E-state index contributed by atoms with van der Waals surface area (Å²) >= 11 is 0. The Morgan fingerprint density at radius 3 is 2.25 bits per heavy atom. The molecule has 2 rings (SSSR count). The summed E-state index contributed by atoms with van der Waals surface area (Å²) in [5.74, 6) is 0. The van der Waals surface area contributed by atoms with Crippen LogP contribution in [0.5, 0.6) is 0 Å². The molecule has 0 amide bonds. The maximum atomic E-state index is 2.22. The Kier molecular flexibility index (Phi) is 4.93. The Bertz CT molecular complexity index is 452. The number of benzene rings is 1. The minimum absolute atomic E-state index is 0. The number of aryl methyl sites for hydroxylation is 2. The van der Waals surface area contributed by atoms with Crippen molar-refractivity contribution in [3.63, 3.8) is 0 Å². The first-order chi connectivity index (χ1) is 7.25. The molecule has 1 nitrogen and oxygen atoms in total. The van der Waals surface area contributed by atoms with Crippen LogP contribution >= 0.6 is 0 Å². The van der Waals surface area contributed by atoms with Gasteiger partial charge in [0.05, 0.1) is 0 Å². The highest BCUT2D eigenvalue weighted by atomic mass is 127. The third-order valence-electron chi connectivity index (χ3n) is 2.71. The molecule has 0 aliphatic carbocycles. The maximum Gasteiger partial charge on any atom is 0.173 e. The van der Waals surface area contributed by atoms with Crippen LogP contribution in [0.4, 0.5) is 0 Å². The molecule has 0 spiro atoms. The monoisotopic (exact) mass is 325 g/mol. The number of pyridine rings is 1. The van der Waals surface area contributed by atoms with E-state index < -0.39 is 0 Å². The van der Waals surface area contributed by atoms with E-state index in [1.54, 1.807) is 0 Å². The van der Waals surface area contributed by atoms with Gasteiger partial charge in [-0.05, 0) is 19.4 Å². The standard InChI is InChI=1S/C14H16N.HI/c1-12-8-9-15(10-13(12)2)11-14-6-4-3-5-7-14;/h3-10H,11H2,1-2H3;1H/q+1;/p-1. The molecule has 1 aromatic carbocycles. The van der Waals surface area contributed by atoms with Gasteiger partial charge in [0, 0.05) is 17.2 Å². The smallest absolute Gasteiger partial charge is 0.173 e. The third-order valence-corrected chi connectivity index (χ3v) is 2.71. The second-order valence-corrected chi connectivity index (χ2v) is 3.97. The van der Waals surface area contributed by atoms with Crippen LogP contribution in [0.2, 0.25) is 0 Å². The Hall–Kier alpha value is -0.900.